The Kier molecular flexibility index (Phi) is 10.3. The van der Waals surface area contributed by atoms with Gasteiger partial charge in [-0.2, -0.15) is 0 Å². The SMILES string of the molecule is CCC(C)NC(=O)C(Cc1ccccc1)N(Cc1ccccc1F)C(=O)COc1ccc(Cl)cc1Br. The van der Waals surface area contributed by atoms with E-state index in [-0.39, 0.29) is 31.5 Å². The lowest BCUT2D eigenvalue weighted by Gasteiger charge is -2.32. The Morgan fingerprint density at radius 1 is 1.08 bits per heavy atom. The predicted octanol–water partition coefficient (Wildman–Crippen LogP) is 6.18. The van der Waals surface area contributed by atoms with E-state index < -0.39 is 17.8 Å². The Labute approximate surface area is 224 Å². The van der Waals surface area contributed by atoms with E-state index in [1.54, 1.807) is 36.4 Å². The first-order valence-corrected chi connectivity index (χ1v) is 12.9. The zero-order valence-corrected chi connectivity index (χ0v) is 22.6. The highest BCUT2D eigenvalue weighted by Gasteiger charge is 2.31. The van der Waals surface area contributed by atoms with Crippen molar-refractivity contribution in [2.24, 2.45) is 0 Å². The molecule has 36 heavy (non-hydrogen) atoms. The lowest BCUT2D eigenvalue weighted by atomic mass is 10.0. The van der Waals surface area contributed by atoms with E-state index in [4.69, 9.17) is 16.3 Å². The van der Waals surface area contributed by atoms with Gasteiger partial charge in [0.1, 0.15) is 17.6 Å². The van der Waals surface area contributed by atoms with Gasteiger partial charge in [-0.1, -0.05) is 67.1 Å². The summed E-state index contributed by atoms with van der Waals surface area (Å²) in [6, 6.07) is 19.7. The van der Waals surface area contributed by atoms with Crippen LogP contribution in [0.3, 0.4) is 0 Å². The molecule has 5 nitrogen and oxygen atoms in total. The molecule has 2 atom stereocenters. The molecule has 0 saturated carbocycles. The number of hydrogen-bond acceptors (Lipinski definition) is 3. The molecule has 0 aliphatic carbocycles. The van der Waals surface area contributed by atoms with Crippen molar-refractivity contribution in [2.75, 3.05) is 6.61 Å². The van der Waals surface area contributed by atoms with Crippen molar-refractivity contribution in [1.29, 1.82) is 0 Å². The van der Waals surface area contributed by atoms with Crippen molar-refractivity contribution in [2.45, 2.75) is 45.3 Å². The average Bonchev–Trinajstić information content (AvgIpc) is 2.87. The van der Waals surface area contributed by atoms with Crippen molar-refractivity contribution in [3.63, 3.8) is 0 Å². The first-order valence-electron chi connectivity index (χ1n) is 11.7. The van der Waals surface area contributed by atoms with Crippen LogP contribution in [-0.4, -0.2) is 35.4 Å². The summed E-state index contributed by atoms with van der Waals surface area (Å²) < 4.78 is 21.0. The minimum atomic E-state index is -0.870. The van der Waals surface area contributed by atoms with Crippen LogP contribution in [0.5, 0.6) is 5.75 Å². The van der Waals surface area contributed by atoms with Crippen LogP contribution in [0.1, 0.15) is 31.4 Å². The zero-order valence-electron chi connectivity index (χ0n) is 20.2. The molecule has 2 unspecified atom stereocenters. The Morgan fingerprint density at radius 3 is 2.44 bits per heavy atom. The number of rotatable bonds is 11. The third-order valence-electron chi connectivity index (χ3n) is 5.82. The number of nitrogens with one attached hydrogen (secondary N) is 1. The molecule has 2 amide bonds. The predicted molar refractivity (Wildman–Crippen MR) is 143 cm³/mol. The highest BCUT2D eigenvalue weighted by molar-refractivity contribution is 9.10. The molecule has 0 bridgehead atoms. The molecule has 0 saturated heterocycles. The highest BCUT2D eigenvalue weighted by atomic mass is 79.9. The van der Waals surface area contributed by atoms with Gasteiger partial charge in [-0.3, -0.25) is 9.59 Å². The second-order valence-corrected chi connectivity index (χ2v) is 9.79. The van der Waals surface area contributed by atoms with Crippen molar-refractivity contribution in [3.05, 3.63) is 99.2 Å². The van der Waals surface area contributed by atoms with E-state index >= 15 is 0 Å². The molecule has 0 heterocycles. The summed E-state index contributed by atoms with van der Waals surface area (Å²) in [6.45, 7) is 3.46. The molecular weight excluding hydrogens is 547 g/mol. The molecule has 0 aromatic heterocycles. The Balaban J connectivity index is 1.93. The third kappa shape index (κ3) is 7.80. The Bertz CT molecular complexity index is 1180. The van der Waals surface area contributed by atoms with Crippen molar-refractivity contribution in [1.82, 2.24) is 10.2 Å². The lowest BCUT2D eigenvalue weighted by molar-refractivity contribution is -0.143. The van der Waals surface area contributed by atoms with Crippen LogP contribution < -0.4 is 10.1 Å². The highest BCUT2D eigenvalue weighted by Crippen LogP contribution is 2.28. The molecule has 8 heteroatoms. The molecular formula is C28H29BrClFN2O3. The van der Waals surface area contributed by atoms with Gasteiger partial charge in [0.05, 0.1) is 4.47 Å². The molecule has 1 N–H and O–H groups in total. The number of nitrogens with zero attached hydrogens (tertiary/aromatic N) is 1. The van der Waals surface area contributed by atoms with E-state index in [1.807, 2.05) is 44.2 Å². The van der Waals surface area contributed by atoms with Crippen molar-refractivity contribution in [3.8, 4) is 5.75 Å². The number of hydrogen-bond donors (Lipinski definition) is 1. The lowest BCUT2D eigenvalue weighted by Crippen LogP contribution is -2.53. The van der Waals surface area contributed by atoms with E-state index in [2.05, 4.69) is 21.2 Å². The van der Waals surface area contributed by atoms with Crippen LogP contribution in [0.2, 0.25) is 5.02 Å². The molecule has 190 valence electrons. The summed E-state index contributed by atoms with van der Waals surface area (Å²) >= 11 is 9.38. The van der Waals surface area contributed by atoms with Crippen molar-refractivity contribution >= 4 is 39.3 Å². The van der Waals surface area contributed by atoms with Gasteiger partial charge in [-0.25, -0.2) is 4.39 Å². The standard InChI is InChI=1S/C28H29BrClFN2O3/c1-3-19(2)32-28(35)25(15-20-9-5-4-6-10-20)33(17-21-11-7-8-12-24(21)31)27(34)18-36-26-14-13-22(30)16-23(26)29/h4-14,16,19,25H,3,15,17-18H2,1-2H3,(H,32,35). The summed E-state index contributed by atoms with van der Waals surface area (Å²) in [5.74, 6) is -0.759. The zero-order chi connectivity index (χ0) is 26.1. The summed E-state index contributed by atoms with van der Waals surface area (Å²) in [7, 11) is 0. The topological polar surface area (TPSA) is 58.6 Å². The monoisotopic (exact) mass is 574 g/mol. The minimum Gasteiger partial charge on any atom is -0.483 e. The molecule has 3 aromatic rings. The molecule has 3 rings (SSSR count). The van der Waals surface area contributed by atoms with Gasteiger partial charge in [0, 0.05) is 29.6 Å². The van der Waals surface area contributed by atoms with E-state index in [0.717, 1.165) is 12.0 Å². The maximum absolute atomic E-state index is 14.6. The van der Waals surface area contributed by atoms with Gasteiger partial charge in [0.2, 0.25) is 5.91 Å². The molecule has 0 aliphatic rings. The largest absolute Gasteiger partial charge is 0.483 e. The summed E-state index contributed by atoms with van der Waals surface area (Å²) in [5, 5.41) is 3.51. The van der Waals surface area contributed by atoms with Crippen LogP contribution in [0.15, 0.2) is 77.3 Å². The van der Waals surface area contributed by atoms with Gasteiger partial charge in [-0.15, -0.1) is 0 Å². The Hall–Kier alpha value is -2.90. The van der Waals surface area contributed by atoms with E-state index in [0.29, 0.717) is 20.8 Å². The molecule has 0 spiro atoms. The summed E-state index contributed by atoms with van der Waals surface area (Å²) in [5.41, 5.74) is 1.20. The van der Waals surface area contributed by atoms with Crippen LogP contribution in [0.25, 0.3) is 0 Å². The molecule has 0 fully saturated rings. The second-order valence-electron chi connectivity index (χ2n) is 8.50. The number of amides is 2. The van der Waals surface area contributed by atoms with Gasteiger partial charge in [0.15, 0.2) is 6.61 Å². The minimum absolute atomic E-state index is 0.0811. The fourth-order valence-electron chi connectivity index (χ4n) is 3.62. The van der Waals surface area contributed by atoms with E-state index in [9.17, 15) is 14.0 Å². The molecule has 0 aliphatic heterocycles. The number of carbonyl (C=O) groups excluding carboxylic acids is 2. The quantitative estimate of drug-likeness (QED) is 0.297. The maximum Gasteiger partial charge on any atom is 0.261 e. The number of benzene rings is 3. The second kappa shape index (κ2) is 13.4. The number of halogens is 3. The van der Waals surface area contributed by atoms with Gasteiger partial charge >= 0.3 is 0 Å². The normalized spacial score (nSPS) is 12.5. The van der Waals surface area contributed by atoms with Crippen LogP contribution in [-0.2, 0) is 22.6 Å². The Morgan fingerprint density at radius 2 is 1.78 bits per heavy atom. The first kappa shape index (κ1) is 27.7. The smallest absolute Gasteiger partial charge is 0.261 e. The average molecular weight is 576 g/mol. The molecule has 3 aromatic carbocycles. The maximum atomic E-state index is 14.6. The fourth-order valence-corrected chi connectivity index (χ4v) is 4.42. The first-order chi connectivity index (χ1) is 17.3. The van der Waals surface area contributed by atoms with Gasteiger partial charge in [-0.05, 0) is 59.1 Å². The third-order valence-corrected chi connectivity index (χ3v) is 6.67. The van der Waals surface area contributed by atoms with E-state index in [1.165, 1.54) is 11.0 Å². The molecule has 0 radical (unpaired) electrons. The number of carbonyl (C=O) groups is 2. The van der Waals surface area contributed by atoms with Gasteiger partial charge < -0.3 is 15.0 Å². The van der Waals surface area contributed by atoms with Crippen LogP contribution in [0, 0.1) is 5.82 Å². The number of ether oxygens (including phenoxy) is 1. The van der Waals surface area contributed by atoms with Crippen LogP contribution >= 0.6 is 27.5 Å². The summed E-state index contributed by atoms with van der Waals surface area (Å²) in [6.07, 6.45) is 1.01. The summed E-state index contributed by atoms with van der Waals surface area (Å²) in [4.78, 5) is 28.4. The van der Waals surface area contributed by atoms with Crippen LogP contribution in [0.4, 0.5) is 4.39 Å². The fraction of sp³-hybridized carbons (Fsp3) is 0.286. The van der Waals surface area contributed by atoms with Crippen molar-refractivity contribution < 1.29 is 18.7 Å². The van der Waals surface area contributed by atoms with Gasteiger partial charge in [0.25, 0.3) is 5.91 Å².